The van der Waals surface area contributed by atoms with Crippen LogP contribution in [0, 0.1) is 17.7 Å². The third-order valence-corrected chi connectivity index (χ3v) is 16.9. The molecule has 0 saturated heterocycles. The third kappa shape index (κ3) is 6.29. The Hall–Kier alpha value is -3.06. The Labute approximate surface area is 315 Å². The van der Waals surface area contributed by atoms with E-state index in [1.807, 2.05) is 39.0 Å². The average Bonchev–Trinajstić information content (AvgIpc) is 3.69. The molecule has 2 heterocycles. The summed E-state index contributed by atoms with van der Waals surface area (Å²) in [7, 11) is 0.882. The number of aliphatic hydroxyl groups is 1. The highest BCUT2D eigenvalue weighted by Crippen LogP contribution is 2.59. The summed E-state index contributed by atoms with van der Waals surface area (Å²) in [5, 5.41) is 16.4. The number of aliphatic hydroxyl groups excluding tert-OH is 1. The standard InChI is InChI=1S/C41H60FN3O7Si/c1-13-15-17-49-34-26-22-45(39(3,4)5)21-25(26)31(42)24-19-23-20-27-32(44(9)10)35-30(38(43-51-35)50-18-16-14-2)37(48)41(27,52-53(11,12)40(6,7)8)36(47)28(23)33(46)29(24)34/h23,27,32,46H,13-22H2,1-12H3/t23-,27-,32-,41-/m0/s1. The molecule has 1 aromatic heterocycles. The quantitative estimate of drug-likeness (QED) is 0.136. The number of hydrogen-bond donors (Lipinski definition) is 1. The van der Waals surface area contributed by atoms with Crippen molar-refractivity contribution in [1.29, 1.82) is 0 Å². The van der Waals surface area contributed by atoms with E-state index in [0.717, 1.165) is 25.7 Å². The van der Waals surface area contributed by atoms with Crippen LogP contribution in [0.3, 0.4) is 0 Å². The van der Waals surface area contributed by atoms with E-state index in [0.29, 0.717) is 54.5 Å². The van der Waals surface area contributed by atoms with Gasteiger partial charge in [-0.15, -0.1) is 0 Å². The number of carbonyl (C=O) groups excluding carboxylic acids is 2. The first-order chi connectivity index (χ1) is 24.7. The maximum absolute atomic E-state index is 17.0. The van der Waals surface area contributed by atoms with Crippen LogP contribution in [0.5, 0.6) is 11.6 Å². The van der Waals surface area contributed by atoms with Gasteiger partial charge in [-0.2, -0.15) is 0 Å². The van der Waals surface area contributed by atoms with Gasteiger partial charge in [-0.25, -0.2) is 4.39 Å². The Morgan fingerprint density at radius 1 is 0.962 bits per heavy atom. The molecule has 1 aromatic carbocycles. The minimum Gasteiger partial charge on any atom is -0.507 e. The number of unbranched alkanes of at least 4 members (excludes halogenated alkanes) is 2. The number of Topliss-reactive ketones (excluding diaryl/α,β-unsaturated/α-hetero) is 2. The van der Waals surface area contributed by atoms with Crippen LogP contribution in [0.15, 0.2) is 10.1 Å². The Morgan fingerprint density at radius 3 is 2.17 bits per heavy atom. The molecule has 0 bridgehead atoms. The van der Waals surface area contributed by atoms with E-state index in [1.165, 1.54) is 0 Å². The SMILES string of the molecule is CCCCOc1noc2c1C(=O)[C@@]1(O[Si](C)(C)C(C)(C)C)C(=O)C3=C(O)c4c(c(F)c5c(c4OCCCC)CN(C(C)(C)C)C5)C[C@H]3C[C@H]1[C@@H]2N(C)C. The Bertz CT molecular complexity index is 1820. The van der Waals surface area contributed by atoms with Crippen LogP contribution in [0.1, 0.15) is 132 Å². The van der Waals surface area contributed by atoms with Gasteiger partial charge in [-0.3, -0.25) is 19.4 Å². The van der Waals surface area contributed by atoms with Crippen molar-refractivity contribution in [2.45, 2.75) is 142 Å². The monoisotopic (exact) mass is 753 g/mol. The molecule has 292 valence electrons. The summed E-state index contributed by atoms with van der Waals surface area (Å²) in [6.45, 7) is 22.3. The van der Waals surface area contributed by atoms with Crippen molar-refractivity contribution in [3.63, 3.8) is 0 Å². The molecular weight excluding hydrogens is 694 g/mol. The van der Waals surface area contributed by atoms with E-state index < -0.39 is 43.4 Å². The molecule has 12 heteroatoms. The summed E-state index contributed by atoms with van der Waals surface area (Å²) in [6.07, 6.45) is 3.75. The summed E-state index contributed by atoms with van der Waals surface area (Å²) in [5.74, 6) is -2.27. The van der Waals surface area contributed by atoms with Crippen LogP contribution < -0.4 is 9.47 Å². The van der Waals surface area contributed by atoms with Gasteiger partial charge in [0.15, 0.2) is 19.7 Å². The van der Waals surface area contributed by atoms with E-state index in [2.05, 4.69) is 58.5 Å². The van der Waals surface area contributed by atoms with Crippen molar-refractivity contribution in [1.82, 2.24) is 15.0 Å². The summed E-state index contributed by atoms with van der Waals surface area (Å²) >= 11 is 0. The molecule has 1 saturated carbocycles. The highest BCUT2D eigenvalue weighted by molar-refractivity contribution is 6.74. The van der Waals surface area contributed by atoms with E-state index in [9.17, 15) is 5.11 Å². The summed E-state index contributed by atoms with van der Waals surface area (Å²) in [4.78, 5) is 35.2. The number of halogens is 1. The van der Waals surface area contributed by atoms with Crippen molar-refractivity contribution in [2.75, 3.05) is 27.3 Å². The van der Waals surface area contributed by atoms with E-state index in [4.69, 9.17) is 18.4 Å². The first-order valence-corrected chi connectivity index (χ1v) is 22.4. The van der Waals surface area contributed by atoms with Gasteiger partial charge in [0.05, 0.1) is 24.8 Å². The molecule has 1 N–H and O–H groups in total. The Morgan fingerprint density at radius 2 is 1.58 bits per heavy atom. The zero-order valence-corrected chi connectivity index (χ0v) is 34.9. The number of hydrogen-bond acceptors (Lipinski definition) is 10. The van der Waals surface area contributed by atoms with Crippen LogP contribution >= 0.6 is 0 Å². The van der Waals surface area contributed by atoms with Crippen LogP contribution in [-0.4, -0.2) is 78.4 Å². The number of rotatable bonds is 11. The fourth-order valence-electron chi connectivity index (χ4n) is 8.44. The molecule has 3 aliphatic carbocycles. The number of nitrogens with zero attached hydrogens (tertiary/aromatic N) is 3. The lowest BCUT2D eigenvalue weighted by Crippen LogP contribution is -2.68. The number of fused-ring (bicyclic) bond motifs is 5. The predicted molar refractivity (Wildman–Crippen MR) is 204 cm³/mol. The van der Waals surface area contributed by atoms with Crippen LogP contribution in [-0.2, 0) is 28.7 Å². The maximum Gasteiger partial charge on any atom is 0.265 e. The summed E-state index contributed by atoms with van der Waals surface area (Å²) in [5.41, 5.74) is -0.133. The fraction of sp³-hybridized carbons (Fsp3) is 0.683. The maximum atomic E-state index is 17.0. The lowest BCUT2D eigenvalue weighted by atomic mass is 9.57. The van der Waals surface area contributed by atoms with E-state index in [-0.39, 0.29) is 57.6 Å². The molecule has 53 heavy (non-hydrogen) atoms. The molecular formula is C41H60FN3O7Si. The van der Waals surface area contributed by atoms with Gasteiger partial charge in [-0.05, 0) is 89.8 Å². The summed E-state index contributed by atoms with van der Waals surface area (Å²) < 4.78 is 42.6. The van der Waals surface area contributed by atoms with Gasteiger partial charge in [0.25, 0.3) is 5.88 Å². The molecule has 0 spiro atoms. The molecule has 0 radical (unpaired) electrons. The van der Waals surface area contributed by atoms with Crippen LogP contribution in [0.2, 0.25) is 18.1 Å². The minimum atomic E-state index is -2.89. The minimum absolute atomic E-state index is 0.0525. The summed E-state index contributed by atoms with van der Waals surface area (Å²) in [6, 6.07) is -0.587. The van der Waals surface area contributed by atoms with Gasteiger partial charge >= 0.3 is 0 Å². The van der Waals surface area contributed by atoms with Crippen molar-refractivity contribution in [3.05, 3.63) is 45.0 Å². The number of ether oxygens (including phenoxy) is 2. The molecule has 6 rings (SSSR count). The smallest absolute Gasteiger partial charge is 0.265 e. The van der Waals surface area contributed by atoms with Gasteiger partial charge in [0.1, 0.15) is 22.9 Å². The number of carbonyl (C=O) groups is 2. The first-order valence-electron chi connectivity index (χ1n) is 19.5. The predicted octanol–water partition coefficient (Wildman–Crippen LogP) is 8.58. The van der Waals surface area contributed by atoms with Gasteiger partial charge in [-0.1, -0.05) is 47.5 Å². The third-order valence-electron chi connectivity index (χ3n) is 12.5. The second-order valence-corrected chi connectivity index (χ2v) is 23.0. The molecule has 0 amide bonds. The molecule has 10 nitrogen and oxygen atoms in total. The number of ketones is 2. The molecule has 2 aromatic rings. The van der Waals surface area contributed by atoms with E-state index in [1.54, 1.807) is 0 Å². The molecule has 1 aliphatic heterocycles. The molecule has 4 aliphatic rings. The van der Waals surface area contributed by atoms with Gasteiger partial charge in [0.2, 0.25) is 11.6 Å². The lowest BCUT2D eigenvalue weighted by molar-refractivity contribution is -0.140. The van der Waals surface area contributed by atoms with E-state index >= 15 is 14.0 Å². The highest BCUT2D eigenvalue weighted by Gasteiger charge is 2.69. The topological polar surface area (TPSA) is 115 Å². The van der Waals surface area contributed by atoms with Crippen molar-refractivity contribution < 1.29 is 37.5 Å². The Kier molecular flexibility index (Phi) is 10.4. The number of aromatic nitrogens is 1. The van der Waals surface area contributed by atoms with Crippen LogP contribution in [0.4, 0.5) is 4.39 Å². The Balaban J connectivity index is 1.60. The second kappa shape index (κ2) is 13.9. The molecule has 4 atom stereocenters. The largest absolute Gasteiger partial charge is 0.507 e. The van der Waals surface area contributed by atoms with Crippen molar-refractivity contribution >= 4 is 25.6 Å². The average molecular weight is 754 g/mol. The van der Waals surface area contributed by atoms with Crippen molar-refractivity contribution in [3.8, 4) is 11.6 Å². The van der Waals surface area contributed by atoms with Gasteiger partial charge in [0, 0.05) is 46.8 Å². The van der Waals surface area contributed by atoms with Crippen molar-refractivity contribution in [2.24, 2.45) is 11.8 Å². The zero-order valence-electron chi connectivity index (χ0n) is 33.9. The molecule has 0 unspecified atom stereocenters. The number of benzene rings is 1. The zero-order chi connectivity index (χ0) is 39.0. The highest BCUT2D eigenvalue weighted by atomic mass is 28.4. The lowest BCUT2D eigenvalue weighted by Gasteiger charge is -2.55. The fourth-order valence-corrected chi connectivity index (χ4v) is 9.89. The first kappa shape index (κ1) is 39.6. The van der Waals surface area contributed by atoms with Gasteiger partial charge < -0.3 is 23.5 Å². The normalized spacial score (nSPS) is 24.6. The molecule has 1 fully saturated rings. The second-order valence-electron chi connectivity index (χ2n) is 18.3. The van der Waals surface area contributed by atoms with Crippen LogP contribution in [0.25, 0.3) is 5.76 Å².